The molecule has 8 heteroatoms. The van der Waals surface area contributed by atoms with Gasteiger partial charge in [-0.15, -0.1) is 0 Å². The van der Waals surface area contributed by atoms with E-state index in [2.05, 4.69) is 22.9 Å². The summed E-state index contributed by atoms with van der Waals surface area (Å²) in [7, 11) is -1.85. The van der Waals surface area contributed by atoms with Crippen molar-refractivity contribution in [3.05, 3.63) is 28.2 Å². The van der Waals surface area contributed by atoms with Crippen LogP contribution in [-0.2, 0) is 14.8 Å². The number of amides is 1. The summed E-state index contributed by atoms with van der Waals surface area (Å²) in [5.74, 6) is 0.586. The quantitative estimate of drug-likeness (QED) is 0.694. The van der Waals surface area contributed by atoms with Gasteiger partial charge in [0.1, 0.15) is 0 Å². The highest BCUT2D eigenvalue weighted by molar-refractivity contribution is 9.10. The van der Waals surface area contributed by atoms with Crippen molar-refractivity contribution in [1.29, 1.82) is 0 Å². The molecule has 1 aliphatic heterocycles. The smallest absolute Gasteiger partial charge is 0.253 e. The number of carbonyl (C=O) groups excluding carboxylic acids is 1. The van der Waals surface area contributed by atoms with Crippen LogP contribution in [0.2, 0.25) is 0 Å². The van der Waals surface area contributed by atoms with Crippen molar-refractivity contribution in [1.82, 2.24) is 9.21 Å². The van der Waals surface area contributed by atoms with Crippen LogP contribution in [0.1, 0.15) is 43.0 Å². The zero-order valence-electron chi connectivity index (χ0n) is 15.9. The first-order valence-corrected chi connectivity index (χ1v) is 11.7. The molecule has 1 amide bonds. The number of ether oxygens (including phenoxy) is 1. The van der Waals surface area contributed by atoms with E-state index >= 15 is 0 Å². The van der Waals surface area contributed by atoms with Gasteiger partial charge >= 0.3 is 0 Å². The molecule has 0 spiro atoms. The molecule has 0 bridgehead atoms. The summed E-state index contributed by atoms with van der Waals surface area (Å²) >= 11 is 3.34. The van der Waals surface area contributed by atoms with Gasteiger partial charge in [-0.25, -0.2) is 8.42 Å². The molecule has 1 aromatic rings. The Morgan fingerprint density at radius 3 is 2.44 bits per heavy atom. The minimum Gasteiger partial charge on any atom is -0.379 e. The maximum absolute atomic E-state index is 13.0. The molecule has 27 heavy (non-hydrogen) atoms. The van der Waals surface area contributed by atoms with E-state index in [1.807, 2.05) is 7.05 Å². The lowest BCUT2D eigenvalue weighted by Gasteiger charge is -2.33. The largest absolute Gasteiger partial charge is 0.379 e. The van der Waals surface area contributed by atoms with E-state index < -0.39 is 10.0 Å². The lowest BCUT2D eigenvalue weighted by Crippen LogP contribution is -2.41. The van der Waals surface area contributed by atoms with Crippen LogP contribution in [0, 0.1) is 5.92 Å². The van der Waals surface area contributed by atoms with Crippen LogP contribution in [-0.4, -0.2) is 62.9 Å². The predicted octanol–water partition coefficient (Wildman–Crippen LogP) is 3.12. The molecular formula is C19H27BrN2O4S. The minimum absolute atomic E-state index is 0.125. The van der Waals surface area contributed by atoms with Crippen LogP contribution < -0.4 is 0 Å². The molecule has 1 aliphatic carbocycles. The second-order valence-electron chi connectivity index (χ2n) is 7.49. The van der Waals surface area contributed by atoms with Crippen LogP contribution in [0.4, 0.5) is 0 Å². The maximum atomic E-state index is 13.0. The Hall–Kier alpha value is -0.960. The molecule has 0 aromatic heterocycles. The van der Waals surface area contributed by atoms with E-state index in [4.69, 9.17) is 4.74 Å². The van der Waals surface area contributed by atoms with Crippen LogP contribution in [0.15, 0.2) is 27.6 Å². The number of nitrogens with zero attached hydrogens (tertiary/aromatic N) is 2. The molecule has 2 aliphatic rings. The van der Waals surface area contributed by atoms with Gasteiger partial charge in [-0.3, -0.25) is 4.79 Å². The van der Waals surface area contributed by atoms with Gasteiger partial charge in [0.05, 0.1) is 18.1 Å². The Labute approximate surface area is 170 Å². The summed E-state index contributed by atoms with van der Waals surface area (Å²) in [6, 6.07) is 5.06. The molecule has 1 heterocycles. The van der Waals surface area contributed by atoms with Crippen LogP contribution >= 0.6 is 15.9 Å². The van der Waals surface area contributed by atoms with Crippen molar-refractivity contribution < 1.29 is 17.9 Å². The number of benzene rings is 1. The molecule has 1 saturated heterocycles. The van der Waals surface area contributed by atoms with Gasteiger partial charge < -0.3 is 9.64 Å². The number of morpholine rings is 1. The summed E-state index contributed by atoms with van der Waals surface area (Å²) in [6.07, 6.45) is 4.25. The minimum atomic E-state index is -3.67. The molecule has 0 radical (unpaired) electrons. The number of hydrogen-bond acceptors (Lipinski definition) is 4. The van der Waals surface area contributed by atoms with Crippen LogP contribution in [0.25, 0.3) is 0 Å². The normalized spacial score (nSPS) is 24.6. The van der Waals surface area contributed by atoms with Gasteiger partial charge in [-0.1, -0.05) is 6.92 Å². The number of sulfonamides is 1. The van der Waals surface area contributed by atoms with Crippen molar-refractivity contribution in [2.24, 2.45) is 5.92 Å². The van der Waals surface area contributed by atoms with Crippen molar-refractivity contribution in [2.45, 2.75) is 43.5 Å². The van der Waals surface area contributed by atoms with Crippen LogP contribution in [0.5, 0.6) is 0 Å². The maximum Gasteiger partial charge on any atom is 0.253 e. The highest BCUT2D eigenvalue weighted by atomic mass is 79.9. The highest BCUT2D eigenvalue weighted by Gasteiger charge is 2.30. The summed E-state index contributed by atoms with van der Waals surface area (Å²) in [5, 5.41) is 0. The molecule has 150 valence electrons. The molecule has 0 atom stereocenters. The lowest BCUT2D eigenvalue weighted by atomic mass is 9.86. The molecule has 6 nitrogen and oxygen atoms in total. The second-order valence-corrected chi connectivity index (χ2v) is 10.3. The standard InChI is InChI=1S/C19H27BrN2O4S/c1-14-3-6-16(7-4-14)21(2)19(23)15-5-8-17(20)18(13-15)27(24,25)22-9-11-26-12-10-22/h5,8,13-14,16H,3-4,6-7,9-12H2,1-2H3. The fraction of sp³-hybridized carbons (Fsp3) is 0.632. The van der Waals surface area contributed by atoms with E-state index in [0.29, 0.717) is 42.3 Å². The van der Waals surface area contributed by atoms with E-state index in [-0.39, 0.29) is 16.8 Å². The first-order chi connectivity index (χ1) is 12.8. The summed E-state index contributed by atoms with van der Waals surface area (Å²) < 4.78 is 33.1. The second kappa shape index (κ2) is 8.59. The molecule has 0 N–H and O–H groups in total. The topological polar surface area (TPSA) is 66.9 Å². The lowest BCUT2D eigenvalue weighted by molar-refractivity contribution is 0.0679. The molecular weight excluding hydrogens is 432 g/mol. The number of hydrogen-bond donors (Lipinski definition) is 0. The Morgan fingerprint density at radius 1 is 1.19 bits per heavy atom. The van der Waals surface area contributed by atoms with Gasteiger partial charge in [-0.05, 0) is 65.7 Å². The van der Waals surface area contributed by atoms with E-state index in [0.717, 1.165) is 25.7 Å². The number of carbonyl (C=O) groups is 1. The van der Waals surface area contributed by atoms with Crippen LogP contribution in [0.3, 0.4) is 0 Å². The molecule has 2 fully saturated rings. The van der Waals surface area contributed by atoms with Gasteiger partial charge in [0, 0.05) is 36.2 Å². The van der Waals surface area contributed by atoms with Crippen molar-refractivity contribution >= 4 is 31.9 Å². The van der Waals surface area contributed by atoms with E-state index in [1.54, 1.807) is 17.0 Å². The molecule has 0 unspecified atom stereocenters. The average Bonchev–Trinajstić information content (AvgIpc) is 2.68. The van der Waals surface area contributed by atoms with Gasteiger partial charge in [0.2, 0.25) is 10.0 Å². The Balaban J connectivity index is 1.83. The summed E-state index contributed by atoms with van der Waals surface area (Å²) in [6.45, 7) is 3.67. The highest BCUT2D eigenvalue weighted by Crippen LogP contribution is 2.30. The summed E-state index contributed by atoms with van der Waals surface area (Å²) in [4.78, 5) is 14.9. The molecule has 1 saturated carbocycles. The van der Waals surface area contributed by atoms with Gasteiger partial charge in [0.15, 0.2) is 0 Å². The molecule has 3 rings (SSSR count). The zero-order chi connectivity index (χ0) is 19.6. The van der Waals surface area contributed by atoms with E-state index in [9.17, 15) is 13.2 Å². The fourth-order valence-electron chi connectivity index (χ4n) is 3.76. The van der Waals surface area contributed by atoms with Crippen molar-refractivity contribution in [3.63, 3.8) is 0 Å². The number of rotatable bonds is 4. The van der Waals surface area contributed by atoms with Crippen molar-refractivity contribution in [3.8, 4) is 0 Å². The third-order valence-electron chi connectivity index (χ3n) is 5.62. The number of halogens is 1. The van der Waals surface area contributed by atoms with Gasteiger partial charge in [-0.2, -0.15) is 4.31 Å². The molecule has 1 aromatic carbocycles. The first-order valence-electron chi connectivity index (χ1n) is 9.45. The predicted molar refractivity (Wildman–Crippen MR) is 107 cm³/mol. The Morgan fingerprint density at radius 2 is 1.81 bits per heavy atom. The first kappa shape index (κ1) is 20.8. The van der Waals surface area contributed by atoms with Crippen molar-refractivity contribution in [2.75, 3.05) is 33.4 Å². The zero-order valence-corrected chi connectivity index (χ0v) is 18.3. The fourth-order valence-corrected chi connectivity index (χ4v) is 6.12. The monoisotopic (exact) mass is 458 g/mol. The SMILES string of the molecule is CC1CCC(N(C)C(=O)c2ccc(Br)c(S(=O)(=O)N3CCOCC3)c2)CC1. The van der Waals surface area contributed by atoms with E-state index in [1.165, 1.54) is 10.4 Å². The average molecular weight is 459 g/mol. The van der Waals surface area contributed by atoms with Gasteiger partial charge in [0.25, 0.3) is 5.91 Å². The third-order valence-corrected chi connectivity index (χ3v) is 8.51. The third kappa shape index (κ3) is 4.55. The Bertz CT molecular complexity index is 785. The summed E-state index contributed by atoms with van der Waals surface area (Å²) in [5.41, 5.74) is 0.408. The Kier molecular flexibility index (Phi) is 6.61.